The maximum absolute atomic E-state index is 5.91. The molecule has 4 nitrogen and oxygen atoms in total. The summed E-state index contributed by atoms with van der Waals surface area (Å²) in [6, 6.07) is 4.27. The molecular weight excluding hydrogens is 288 g/mol. The van der Waals surface area contributed by atoms with Crippen LogP contribution in [0.3, 0.4) is 0 Å². The van der Waals surface area contributed by atoms with Gasteiger partial charge < -0.3 is 10.3 Å². The van der Waals surface area contributed by atoms with Gasteiger partial charge in [-0.1, -0.05) is 23.4 Å². The van der Waals surface area contributed by atoms with Gasteiger partial charge in [-0.25, -0.2) is 0 Å². The summed E-state index contributed by atoms with van der Waals surface area (Å²) < 4.78 is 2.90. The van der Waals surface area contributed by atoms with Crippen LogP contribution in [0.5, 0.6) is 0 Å². The van der Waals surface area contributed by atoms with Crippen molar-refractivity contribution in [2.24, 2.45) is 5.73 Å². The molecule has 2 aromatic rings. The Kier molecular flexibility index (Phi) is 4.66. The first kappa shape index (κ1) is 13.9. The molecule has 2 N–H and O–H groups in total. The lowest BCUT2D eigenvalue weighted by atomic mass is 10.4. The molecule has 0 unspecified atom stereocenters. The van der Waals surface area contributed by atoms with Crippen molar-refractivity contribution in [3.63, 3.8) is 0 Å². The Bertz CT molecular complexity index is 521. The molecule has 0 bridgehead atoms. The number of halogens is 1. The second-order valence-corrected chi connectivity index (χ2v) is 6.80. The van der Waals surface area contributed by atoms with Crippen molar-refractivity contribution in [2.75, 3.05) is 0 Å². The zero-order chi connectivity index (χ0) is 13.1. The highest BCUT2D eigenvalue weighted by molar-refractivity contribution is 7.98. The smallest absolute Gasteiger partial charge is 0.191 e. The summed E-state index contributed by atoms with van der Waals surface area (Å²) in [5.74, 6) is 1.68. The number of nitrogens with two attached hydrogens (primary N) is 1. The van der Waals surface area contributed by atoms with Gasteiger partial charge in [-0.3, -0.25) is 0 Å². The van der Waals surface area contributed by atoms with Gasteiger partial charge in [-0.15, -0.1) is 21.5 Å². The molecule has 2 rings (SSSR count). The van der Waals surface area contributed by atoms with Crippen LogP contribution in [0.15, 0.2) is 17.3 Å². The van der Waals surface area contributed by atoms with Crippen LogP contribution >= 0.6 is 34.7 Å². The molecule has 0 aliphatic heterocycles. The summed E-state index contributed by atoms with van der Waals surface area (Å²) in [4.78, 5) is 1.23. The molecule has 98 valence electrons. The molecule has 0 aromatic carbocycles. The van der Waals surface area contributed by atoms with E-state index >= 15 is 0 Å². The summed E-state index contributed by atoms with van der Waals surface area (Å²) in [5.41, 5.74) is 5.66. The van der Waals surface area contributed by atoms with Gasteiger partial charge in [-0.05, 0) is 26.0 Å². The van der Waals surface area contributed by atoms with Gasteiger partial charge in [0.1, 0.15) is 5.82 Å². The Hall–Kier alpha value is -0.560. The van der Waals surface area contributed by atoms with Crippen LogP contribution in [-0.4, -0.2) is 14.8 Å². The third kappa shape index (κ3) is 3.06. The lowest BCUT2D eigenvalue weighted by Gasteiger charge is -2.12. The van der Waals surface area contributed by atoms with Crippen LogP contribution in [0.25, 0.3) is 0 Å². The number of rotatable bonds is 5. The zero-order valence-corrected chi connectivity index (χ0v) is 12.6. The number of aromatic nitrogens is 3. The van der Waals surface area contributed by atoms with Crippen LogP contribution in [0, 0.1) is 0 Å². The van der Waals surface area contributed by atoms with E-state index in [1.165, 1.54) is 4.88 Å². The molecule has 0 saturated carbocycles. The van der Waals surface area contributed by atoms with Gasteiger partial charge in [0.15, 0.2) is 5.16 Å². The van der Waals surface area contributed by atoms with Crippen molar-refractivity contribution >= 4 is 34.7 Å². The molecule has 0 spiro atoms. The number of hydrogen-bond acceptors (Lipinski definition) is 5. The highest BCUT2D eigenvalue weighted by Gasteiger charge is 2.14. The molecule has 0 amide bonds. The highest BCUT2D eigenvalue weighted by Crippen LogP contribution is 2.29. The summed E-state index contributed by atoms with van der Waals surface area (Å²) in [6.45, 7) is 4.62. The molecule has 0 saturated heterocycles. The average Bonchev–Trinajstić information content (AvgIpc) is 2.92. The van der Waals surface area contributed by atoms with Crippen molar-refractivity contribution in [1.82, 2.24) is 14.8 Å². The largest absolute Gasteiger partial charge is 0.324 e. The Morgan fingerprint density at radius 2 is 2.22 bits per heavy atom. The van der Waals surface area contributed by atoms with E-state index in [1.807, 2.05) is 12.1 Å². The topological polar surface area (TPSA) is 56.7 Å². The van der Waals surface area contributed by atoms with Gasteiger partial charge >= 0.3 is 0 Å². The van der Waals surface area contributed by atoms with E-state index in [0.29, 0.717) is 12.6 Å². The minimum absolute atomic E-state index is 0.313. The van der Waals surface area contributed by atoms with Crippen LogP contribution in [-0.2, 0) is 12.3 Å². The van der Waals surface area contributed by atoms with Gasteiger partial charge in [0.2, 0.25) is 0 Å². The van der Waals surface area contributed by atoms with E-state index in [0.717, 1.165) is 21.1 Å². The normalized spacial score (nSPS) is 11.4. The fourth-order valence-electron chi connectivity index (χ4n) is 1.63. The van der Waals surface area contributed by atoms with Crippen LogP contribution in [0.1, 0.15) is 30.6 Å². The lowest BCUT2D eigenvalue weighted by molar-refractivity contribution is 0.526. The first-order chi connectivity index (χ1) is 8.61. The van der Waals surface area contributed by atoms with Crippen LogP contribution in [0.2, 0.25) is 4.34 Å². The van der Waals surface area contributed by atoms with E-state index in [9.17, 15) is 0 Å². The number of nitrogens with zero attached hydrogens (tertiary/aromatic N) is 3. The Morgan fingerprint density at radius 3 is 2.78 bits per heavy atom. The summed E-state index contributed by atoms with van der Waals surface area (Å²) in [6.07, 6.45) is 0. The zero-order valence-electron chi connectivity index (χ0n) is 10.3. The molecule has 18 heavy (non-hydrogen) atoms. The van der Waals surface area contributed by atoms with Crippen LogP contribution < -0.4 is 5.73 Å². The van der Waals surface area contributed by atoms with Crippen LogP contribution in [0.4, 0.5) is 0 Å². The van der Waals surface area contributed by atoms with Gasteiger partial charge in [0, 0.05) is 16.7 Å². The number of thiophene rings is 1. The number of thioether (sulfide) groups is 1. The summed E-state index contributed by atoms with van der Waals surface area (Å²) in [7, 11) is 0. The average molecular weight is 303 g/mol. The fourth-order valence-corrected chi connectivity index (χ4v) is 3.85. The summed E-state index contributed by atoms with van der Waals surface area (Å²) >= 11 is 9.17. The van der Waals surface area contributed by atoms with Crippen molar-refractivity contribution in [1.29, 1.82) is 0 Å². The predicted molar refractivity (Wildman–Crippen MR) is 77.2 cm³/mol. The number of hydrogen-bond donors (Lipinski definition) is 1. The first-order valence-corrected chi connectivity index (χ1v) is 7.80. The maximum atomic E-state index is 5.91. The van der Waals surface area contributed by atoms with E-state index < -0.39 is 0 Å². The van der Waals surface area contributed by atoms with Crippen molar-refractivity contribution < 1.29 is 0 Å². The van der Waals surface area contributed by atoms with Crippen molar-refractivity contribution in [2.45, 2.75) is 37.3 Å². The first-order valence-electron chi connectivity index (χ1n) is 5.62. The van der Waals surface area contributed by atoms with Gasteiger partial charge in [0.25, 0.3) is 0 Å². The van der Waals surface area contributed by atoms with Gasteiger partial charge in [-0.2, -0.15) is 0 Å². The van der Waals surface area contributed by atoms with Gasteiger partial charge in [0.05, 0.1) is 10.9 Å². The monoisotopic (exact) mass is 302 g/mol. The molecule has 0 aliphatic rings. The molecule has 2 aromatic heterocycles. The molecule has 0 atom stereocenters. The minimum Gasteiger partial charge on any atom is -0.324 e. The fraction of sp³-hybridized carbons (Fsp3) is 0.455. The second kappa shape index (κ2) is 6.06. The molecule has 7 heteroatoms. The molecular formula is C11H15ClN4S2. The third-order valence-electron chi connectivity index (χ3n) is 2.41. The highest BCUT2D eigenvalue weighted by atomic mass is 35.5. The Morgan fingerprint density at radius 1 is 1.44 bits per heavy atom. The molecule has 0 radical (unpaired) electrons. The molecule has 2 heterocycles. The van der Waals surface area contributed by atoms with E-state index in [-0.39, 0.29) is 0 Å². The lowest BCUT2D eigenvalue weighted by Crippen LogP contribution is -2.11. The van der Waals surface area contributed by atoms with Crippen molar-refractivity contribution in [3.05, 3.63) is 27.2 Å². The van der Waals surface area contributed by atoms with Crippen molar-refractivity contribution in [3.8, 4) is 0 Å². The van der Waals surface area contributed by atoms with E-state index in [2.05, 4.69) is 28.6 Å². The molecule has 0 aliphatic carbocycles. The SMILES string of the molecule is CC(C)n1c(CN)nnc1SCc1ccc(Cl)s1. The van der Waals surface area contributed by atoms with E-state index in [1.54, 1.807) is 23.1 Å². The third-order valence-corrected chi connectivity index (χ3v) is 4.81. The summed E-state index contributed by atoms with van der Waals surface area (Å²) in [5, 5.41) is 9.23. The molecule has 0 fully saturated rings. The quantitative estimate of drug-likeness (QED) is 0.861. The maximum Gasteiger partial charge on any atom is 0.191 e. The predicted octanol–water partition coefficient (Wildman–Crippen LogP) is 3.32. The Balaban J connectivity index is 2.11. The minimum atomic E-state index is 0.313. The van der Waals surface area contributed by atoms with E-state index in [4.69, 9.17) is 17.3 Å². The second-order valence-electron chi connectivity index (χ2n) is 4.06. The Labute approximate surface area is 120 Å². The standard InChI is InChI=1S/C11H15ClN4S2/c1-7(2)16-10(5-13)14-15-11(16)17-6-8-3-4-9(12)18-8/h3-4,7H,5-6,13H2,1-2H3.